The summed E-state index contributed by atoms with van der Waals surface area (Å²) < 4.78 is 0.338. The van der Waals surface area contributed by atoms with Crippen molar-refractivity contribution in [2.75, 3.05) is 0 Å². The van der Waals surface area contributed by atoms with Gasteiger partial charge >= 0.3 is 0 Å². The van der Waals surface area contributed by atoms with Gasteiger partial charge in [0.25, 0.3) is 11.1 Å². The van der Waals surface area contributed by atoms with Crippen LogP contribution in [0.4, 0.5) is 0 Å². The van der Waals surface area contributed by atoms with E-state index in [2.05, 4.69) is 24.9 Å². The first-order valence-corrected chi connectivity index (χ1v) is 5.66. The summed E-state index contributed by atoms with van der Waals surface area (Å²) in [5.41, 5.74) is -0.199. The number of pyridine rings is 1. The number of nitrogens with one attached hydrogen (secondary N) is 4. The maximum absolute atomic E-state index is 11.7. The van der Waals surface area contributed by atoms with Crippen LogP contribution in [-0.2, 0) is 0 Å². The van der Waals surface area contributed by atoms with E-state index in [-0.39, 0.29) is 20.3 Å². The van der Waals surface area contributed by atoms with Crippen molar-refractivity contribution in [3.63, 3.8) is 0 Å². The Morgan fingerprint density at radius 3 is 1.72 bits per heavy atom. The Balaban J connectivity index is 2.68. The van der Waals surface area contributed by atoms with Gasteiger partial charge in [-0.15, -0.1) is 0 Å². The maximum atomic E-state index is 11.7. The highest BCUT2D eigenvalue weighted by Gasteiger charge is 2.06. The number of nitrogens with zero attached hydrogens (tertiary/aromatic N) is 1. The molecule has 0 amide bonds. The average Bonchev–Trinajstić information content (AvgIpc) is 2.26. The van der Waals surface area contributed by atoms with Gasteiger partial charge in [0.15, 0.2) is 9.54 Å². The summed E-state index contributed by atoms with van der Waals surface area (Å²) in [6.07, 6.45) is 0. The molecule has 90 valence electrons. The van der Waals surface area contributed by atoms with E-state index in [0.29, 0.717) is 11.3 Å². The fourth-order valence-corrected chi connectivity index (χ4v) is 2.05. The molecule has 0 aliphatic heterocycles. The van der Waals surface area contributed by atoms with Gasteiger partial charge in [-0.3, -0.25) is 19.6 Å². The van der Waals surface area contributed by atoms with Crippen LogP contribution >= 0.6 is 24.4 Å². The molecule has 3 rings (SSSR count). The third kappa shape index (κ3) is 1.60. The van der Waals surface area contributed by atoms with E-state index in [9.17, 15) is 9.59 Å². The quantitative estimate of drug-likeness (QED) is 0.361. The highest BCUT2D eigenvalue weighted by Crippen LogP contribution is 2.09. The van der Waals surface area contributed by atoms with Gasteiger partial charge in [-0.1, -0.05) is 0 Å². The van der Waals surface area contributed by atoms with Gasteiger partial charge in [0.1, 0.15) is 11.3 Å². The molecule has 0 aromatic carbocycles. The molecule has 18 heavy (non-hydrogen) atoms. The van der Waals surface area contributed by atoms with Crippen molar-refractivity contribution in [1.29, 1.82) is 0 Å². The van der Waals surface area contributed by atoms with Crippen molar-refractivity contribution in [1.82, 2.24) is 24.9 Å². The highest BCUT2D eigenvalue weighted by atomic mass is 32.1. The molecule has 0 radical (unpaired) electrons. The van der Waals surface area contributed by atoms with Crippen LogP contribution in [0.25, 0.3) is 22.1 Å². The molecule has 0 spiro atoms. The van der Waals surface area contributed by atoms with Crippen molar-refractivity contribution >= 4 is 46.5 Å². The molecule has 0 aliphatic carbocycles. The molecule has 0 fully saturated rings. The van der Waals surface area contributed by atoms with Crippen LogP contribution in [0.5, 0.6) is 0 Å². The second-order valence-corrected chi connectivity index (χ2v) is 4.41. The second kappa shape index (κ2) is 3.68. The lowest BCUT2D eigenvalue weighted by Gasteiger charge is -2.00. The average molecular weight is 279 g/mol. The number of rotatable bonds is 0. The topological polar surface area (TPSA) is 110 Å². The molecule has 0 atom stereocenters. The lowest BCUT2D eigenvalue weighted by Crippen LogP contribution is -2.13. The van der Waals surface area contributed by atoms with Gasteiger partial charge < -0.3 is 9.97 Å². The van der Waals surface area contributed by atoms with Crippen LogP contribution in [0.15, 0.2) is 15.7 Å². The van der Waals surface area contributed by atoms with Crippen molar-refractivity contribution < 1.29 is 0 Å². The van der Waals surface area contributed by atoms with Crippen LogP contribution < -0.4 is 11.1 Å². The zero-order chi connectivity index (χ0) is 12.9. The van der Waals surface area contributed by atoms with E-state index < -0.39 is 11.1 Å². The van der Waals surface area contributed by atoms with Gasteiger partial charge in [-0.25, -0.2) is 4.98 Å². The molecule has 0 saturated carbocycles. The first-order chi connectivity index (χ1) is 8.54. The normalized spacial score (nSPS) is 11.1. The molecule has 3 heterocycles. The van der Waals surface area contributed by atoms with Gasteiger partial charge in [0, 0.05) is 0 Å². The number of fused-ring (bicyclic) bond motifs is 2. The lowest BCUT2D eigenvalue weighted by molar-refractivity contribution is 1.09. The summed E-state index contributed by atoms with van der Waals surface area (Å²) in [4.78, 5) is 37.9. The van der Waals surface area contributed by atoms with Gasteiger partial charge in [0.05, 0.1) is 10.8 Å². The Bertz CT molecular complexity index is 931. The van der Waals surface area contributed by atoms with E-state index >= 15 is 0 Å². The lowest BCUT2D eigenvalue weighted by atomic mass is 10.2. The molecule has 0 aliphatic rings. The molecule has 3 aromatic heterocycles. The van der Waals surface area contributed by atoms with Crippen LogP contribution in [-0.4, -0.2) is 24.9 Å². The maximum Gasteiger partial charge on any atom is 0.261 e. The molecule has 0 unspecified atom stereocenters. The predicted molar refractivity (Wildman–Crippen MR) is 70.9 cm³/mol. The number of hydrogen-bond donors (Lipinski definition) is 4. The van der Waals surface area contributed by atoms with Crippen LogP contribution in [0.1, 0.15) is 0 Å². The summed E-state index contributed by atoms with van der Waals surface area (Å²) >= 11 is 9.70. The van der Waals surface area contributed by atoms with Crippen molar-refractivity contribution in [3.05, 3.63) is 36.3 Å². The van der Waals surface area contributed by atoms with Crippen molar-refractivity contribution in [3.8, 4) is 0 Å². The summed E-state index contributed by atoms with van der Waals surface area (Å²) in [5.74, 6) is 0. The fourth-order valence-electron chi connectivity index (χ4n) is 1.67. The largest absolute Gasteiger partial charge is 0.316 e. The van der Waals surface area contributed by atoms with E-state index in [1.165, 1.54) is 6.07 Å². The van der Waals surface area contributed by atoms with E-state index in [4.69, 9.17) is 24.4 Å². The first kappa shape index (κ1) is 11.0. The van der Waals surface area contributed by atoms with Crippen molar-refractivity contribution in [2.45, 2.75) is 0 Å². The monoisotopic (exact) mass is 279 g/mol. The third-order valence-corrected chi connectivity index (χ3v) is 2.84. The van der Waals surface area contributed by atoms with E-state index in [1.54, 1.807) is 0 Å². The summed E-state index contributed by atoms with van der Waals surface area (Å²) in [6, 6.07) is 1.44. The molecule has 3 aromatic rings. The molecule has 0 bridgehead atoms. The Morgan fingerprint density at radius 1 is 0.833 bits per heavy atom. The van der Waals surface area contributed by atoms with Gasteiger partial charge in [-0.2, -0.15) is 0 Å². The molecular formula is C9H5N5O2S2. The minimum absolute atomic E-state index is 0.169. The Kier molecular flexibility index (Phi) is 2.25. The van der Waals surface area contributed by atoms with Crippen LogP contribution in [0, 0.1) is 9.54 Å². The summed E-state index contributed by atoms with van der Waals surface area (Å²) in [5, 5.41) is 0.513. The molecular weight excluding hydrogens is 274 g/mol. The Hall–Kier alpha value is -2.13. The zero-order valence-corrected chi connectivity index (χ0v) is 10.3. The van der Waals surface area contributed by atoms with Crippen LogP contribution in [0.3, 0.4) is 0 Å². The van der Waals surface area contributed by atoms with Gasteiger partial charge in [-0.05, 0) is 30.5 Å². The fraction of sp³-hybridized carbons (Fsp3) is 0. The molecule has 7 nitrogen and oxygen atoms in total. The predicted octanol–water partition coefficient (Wildman–Crippen LogP) is 0.880. The third-order valence-electron chi connectivity index (χ3n) is 2.43. The number of aromatic nitrogens is 5. The Labute approximate surface area is 108 Å². The highest BCUT2D eigenvalue weighted by molar-refractivity contribution is 7.71. The van der Waals surface area contributed by atoms with E-state index in [1.807, 2.05) is 0 Å². The van der Waals surface area contributed by atoms with Crippen LogP contribution in [0.2, 0.25) is 0 Å². The van der Waals surface area contributed by atoms with E-state index in [0.717, 1.165) is 0 Å². The van der Waals surface area contributed by atoms with Crippen molar-refractivity contribution in [2.24, 2.45) is 0 Å². The molecule has 0 saturated heterocycles. The molecule has 9 heteroatoms. The number of aromatic amines is 4. The SMILES string of the molecule is O=c1[nH]c(=S)[nH]c2nc3[nH]c(=S)[nH]c(=O)c3cc12. The number of H-pyrrole nitrogens is 4. The summed E-state index contributed by atoms with van der Waals surface area (Å²) in [6.45, 7) is 0. The van der Waals surface area contributed by atoms with Gasteiger partial charge in [0.2, 0.25) is 0 Å². The second-order valence-electron chi connectivity index (χ2n) is 3.60. The smallest absolute Gasteiger partial charge is 0.261 e. The first-order valence-electron chi connectivity index (χ1n) is 4.84. The zero-order valence-electron chi connectivity index (χ0n) is 8.66. The minimum Gasteiger partial charge on any atom is -0.316 e. The summed E-state index contributed by atoms with van der Waals surface area (Å²) in [7, 11) is 0. The minimum atomic E-state index is -0.398. The number of hydrogen-bond acceptors (Lipinski definition) is 5. The Morgan fingerprint density at radius 2 is 1.28 bits per heavy atom. The standard InChI is InChI=1S/C9H5N5O2S2/c15-6-2-1-3-5(12-9(18)14-7(3)16)10-4(2)11-8(17)13-6/h1H,(H4,10,11,12,13,14,15,16,17,18). The molecule has 4 N–H and O–H groups in total.